The van der Waals surface area contributed by atoms with Crippen molar-refractivity contribution in [3.63, 3.8) is 0 Å². The summed E-state index contributed by atoms with van der Waals surface area (Å²) in [6.07, 6.45) is 1.85. The molecule has 0 aliphatic rings. The molecule has 0 radical (unpaired) electrons. The zero-order valence-corrected chi connectivity index (χ0v) is 14.7. The summed E-state index contributed by atoms with van der Waals surface area (Å²) in [6, 6.07) is 23.3. The highest BCUT2D eigenvalue weighted by Crippen LogP contribution is 2.26. The van der Waals surface area contributed by atoms with Gasteiger partial charge in [-0.1, -0.05) is 0 Å². The van der Waals surface area contributed by atoms with Gasteiger partial charge in [0.1, 0.15) is 23.1 Å². The quantitative estimate of drug-likeness (QED) is 0.473. The number of benzene rings is 3. The van der Waals surface area contributed by atoms with E-state index in [-0.39, 0.29) is 5.82 Å². The van der Waals surface area contributed by atoms with Crippen molar-refractivity contribution < 1.29 is 13.9 Å². The van der Waals surface area contributed by atoms with Crippen molar-refractivity contribution in [3.8, 4) is 34.2 Å². The van der Waals surface area contributed by atoms with Gasteiger partial charge < -0.3 is 9.47 Å². The van der Waals surface area contributed by atoms with E-state index in [1.807, 2.05) is 60.8 Å². The Morgan fingerprint density at radius 1 is 0.741 bits per heavy atom. The fourth-order valence-corrected chi connectivity index (χ4v) is 2.69. The molecule has 1 aromatic heterocycles. The molecule has 0 spiro atoms. The van der Waals surface area contributed by atoms with Crippen LogP contribution in [0.15, 0.2) is 85.1 Å². The van der Waals surface area contributed by atoms with Gasteiger partial charge in [-0.25, -0.2) is 9.07 Å². The molecule has 0 amide bonds. The number of ether oxygens (including phenoxy) is 2. The van der Waals surface area contributed by atoms with Crippen molar-refractivity contribution in [2.75, 3.05) is 7.11 Å². The molecule has 0 fully saturated rings. The highest BCUT2D eigenvalue weighted by Gasteiger charge is 2.05. The summed E-state index contributed by atoms with van der Waals surface area (Å²) in [5, 5.41) is 4.55. The summed E-state index contributed by atoms with van der Waals surface area (Å²) >= 11 is 0. The molecule has 4 nitrogen and oxygen atoms in total. The van der Waals surface area contributed by atoms with Gasteiger partial charge in [0.15, 0.2) is 0 Å². The summed E-state index contributed by atoms with van der Waals surface area (Å²) in [5.41, 5.74) is 2.61. The molecule has 1 heterocycles. The van der Waals surface area contributed by atoms with Crippen LogP contribution >= 0.6 is 0 Å². The smallest absolute Gasteiger partial charge is 0.127 e. The molecule has 3 aromatic carbocycles. The summed E-state index contributed by atoms with van der Waals surface area (Å²) in [7, 11) is 1.63. The van der Waals surface area contributed by atoms with Crippen LogP contribution in [-0.4, -0.2) is 16.9 Å². The molecule has 0 aliphatic heterocycles. The van der Waals surface area contributed by atoms with E-state index in [1.54, 1.807) is 23.9 Å². The van der Waals surface area contributed by atoms with Gasteiger partial charge >= 0.3 is 0 Å². The number of halogens is 1. The standard InChI is InChI=1S/C22H17FN2O2/c1-26-19-10-12-21(13-11-19)27-20-8-2-16(3-9-20)22-14-15-25(24-22)18-6-4-17(23)5-7-18/h2-15H,1H3. The molecule has 0 N–H and O–H groups in total. The molecular weight excluding hydrogens is 343 g/mol. The molecule has 0 bridgehead atoms. The van der Waals surface area contributed by atoms with Crippen LogP contribution < -0.4 is 9.47 Å². The number of methoxy groups -OCH3 is 1. The van der Waals surface area contributed by atoms with Crippen LogP contribution in [0.3, 0.4) is 0 Å². The van der Waals surface area contributed by atoms with Crippen molar-refractivity contribution >= 4 is 0 Å². The lowest BCUT2D eigenvalue weighted by molar-refractivity contribution is 0.413. The van der Waals surface area contributed by atoms with Crippen LogP contribution in [-0.2, 0) is 0 Å². The van der Waals surface area contributed by atoms with Crippen LogP contribution in [0.5, 0.6) is 17.2 Å². The van der Waals surface area contributed by atoms with Gasteiger partial charge in [-0.05, 0) is 78.9 Å². The van der Waals surface area contributed by atoms with Crippen LogP contribution in [0, 0.1) is 5.82 Å². The first-order valence-electron chi connectivity index (χ1n) is 8.45. The van der Waals surface area contributed by atoms with Gasteiger partial charge in [0.2, 0.25) is 0 Å². The minimum atomic E-state index is -0.265. The zero-order chi connectivity index (χ0) is 18.6. The van der Waals surface area contributed by atoms with Crippen molar-refractivity contribution in [3.05, 3.63) is 90.9 Å². The van der Waals surface area contributed by atoms with Crippen LogP contribution in [0.25, 0.3) is 16.9 Å². The molecule has 0 aliphatic carbocycles. The maximum atomic E-state index is 13.1. The predicted molar refractivity (Wildman–Crippen MR) is 102 cm³/mol. The lowest BCUT2D eigenvalue weighted by Crippen LogP contribution is -1.94. The number of aromatic nitrogens is 2. The van der Waals surface area contributed by atoms with E-state index in [9.17, 15) is 4.39 Å². The van der Waals surface area contributed by atoms with Crippen LogP contribution in [0.1, 0.15) is 0 Å². The van der Waals surface area contributed by atoms with E-state index in [4.69, 9.17) is 9.47 Å². The van der Waals surface area contributed by atoms with Gasteiger partial charge in [0, 0.05) is 11.8 Å². The Kier molecular flexibility index (Phi) is 4.58. The topological polar surface area (TPSA) is 36.3 Å². The Morgan fingerprint density at radius 3 is 1.96 bits per heavy atom. The zero-order valence-electron chi connectivity index (χ0n) is 14.7. The normalized spacial score (nSPS) is 10.6. The third-order valence-electron chi connectivity index (χ3n) is 4.13. The summed E-state index contributed by atoms with van der Waals surface area (Å²) in [4.78, 5) is 0. The third kappa shape index (κ3) is 3.82. The van der Waals surface area contributed by atoms with Crippen molar-refractivity contribution in [2.24, 2.45) is 0 Å². The highest BCUT2D eigenvalue weighted by molar-refractivity contribution is 5.60. The van der Waals surface area contributed by atoms with Gasteiger partial charge in [-0.2, -0.15) is 5.10 Å². The minimum absolute atomic E-state index is 0.265. The molecule has 4 aromatic rings. The Labute approximate surface area is 156 Å². The van der Waals surface area contributed by atoms with E-state index in [2.05, 4.69) is 5.10 Å². The minimum Gasteiger partial charge on any atom is -0.497 e. The monoisotopic (exact) mass is 360 g/mol. The van der Waals surface area contributed by atoms with Crippen molar-refractivity contribution in [1.82, 2.24) is 9.78 Å². The fraction of sp³-hybridized carbons (Fsp3) is 0.0455. The number of nitrogens with zero attached hydrogens (tertiary/aromatic N) is 2. The summed E-state index contributed by atoms with van der Waals surface area (Å²) < 4.78 is 25.8. The second-order valence-electron chi connectivity index (χ2n) is 5.92. The fourth-order valence-electron chi connectivity index (χ4n) is 2.69. The first kappa shape index (κ1) is 16.8. The van der Waals surface area contributed by atoms with Crippen LogP contribution in [0.2, 0.25) is 0 Å². The Bertz CT molecular complexity index is 1020. The molecule has 27 heavy (non-hydrogen) atoms. The van der Waals surface area contributed by atoms with Crippen LogP contribution in [0.4, 0.5) is 4.39 Å². The van der Waals surface area contributed by atoms with E-state index in [0.717, 1.165) is 34.2 Å². The molecule has 0 unspecified atom stereocenters. The van der Waals surface area contributed by atoms with E-state index >= 15 is 0 Å². The second kappa shape index (κ2) is 7.33. The Balaban J connectivity index is 1.49. The van der Waals surface area contributed by atoms with Gasteiger partial charge in [0.25, 0.3) is 0 Å². The van der Waals surface area contributed by atoms with E-state index in [0.29, 0.717) is 0 Å². The lowest BCUT2D eigenvalue weighted by Gasteiger charge is -2.07. The van der Waals surface area contributed by atoms with Gasteiger partial charge in [0.05, 0.1) is 18.5 Å². The Hall–Kier alpha value is -3.60. The predicted octanol–water partition coefficient (Wildman–Crippen LogP) is 5.48. The number of hydrogen-bond acceptors (Lipinski definition) is 3. The molecule has 0 saturated heterocycles. The second-order valence-corrected chi connectivity index (χ2v) is 5.92. The molecule has 134 valence electrons. The number of hydrogen-bond donors (Lipinski definition) is 0. The largest absolute Gasteiger partial charge is 0.497 e. The summed E-state index contributed by atoms with van der Waals surface area (Å²) in [5.74, 6) is 2.00. The molecule has 0 atom stereocenters. The summed E-state index contributed by atoms with van der Waals surface area (Å²) in [6.45, 7) is 0. The van der Waals surface area contributed by atoms with E-state index < -0.39 is 0 Å². The highest BCUT2D eigenvalue weighted by atomic mass is 19.1. The molecular formula is C22H17FN2O2. The number of rotatable bonds is 5. The molecule has 0 saturated carbocycles. The first-order chi connectivity index (χ1) is 13.2. The van der Waals surface area contributed by atoms with Crippen molar-refractivity contribution in [2.45, 2.75) is 0 Å². The average molecular weight is 360 g/mol. The molecule has 4 rings (SSSR count). The Morgan fingerprint density at radius 2 is 1.33 bits per heavy atom. The van der Waals surface area contributed by atoms with E-state index in [1.165, 1.54) is 12.1 Å². The maximum Gasteiger partial charge on any atom is 0.127 e. The van der Waals surface area contributed by atoms with Gasteiger partial charge in [-0.15, -0.1) is 0 Å². The SMILES string of the molecule is COc1ccc(Oc2ccc(-c3ccn(-c4ccc(F)cc4)n3)cc2)cc1. The first-order valence-corrected chi connectivity index (χ1v) is 8.45. The lowest BCUT2D eigenvalue weighted by atomic mass is 10.1. The molecule has 5 heteroatoms. The average Bonchev–Trinajstić information content (AvgIpc) is 3.20. The van der Waals surface area contributed by atoms with Gasteiger partial charge in [-0.3, -0.25) is 0 Å². The van der Waals surface area contributed by atoms with Crippen molar-refractivity contribution in [1.29, 1.82) is 0 Å². The third-order valence-corrected chi connectivity index (χ3v) is 4.13. The maximum absolute atomic E-state index is 13.1.